The molecule has 3 heteroatoms. The lowest BCUT2D eigenvalue weighted by Crippen LogP contribution is -2.15. The van der Waals surface area contributed by atoms with E-state index < -0.39 is 0 Å². The SMILES string of the molecule is CC1Cc2nc3ccc(Br)cn3c2C(C)C1. The standard InChI is InChI=1S/C13H15BrN2/c1-8-5-9(2)13-11(6-8)15-12-4-3-10(14)7-16(12)13/h3-4,7-9H,5-6H2,1-2H3. The number of imidazole rings is 1. The molecule has 2 nitrogen and oxygen atoms in total. The van der Waals surface area contributed by atoms with Crippen molar-refractivity contribution in [3.8, 4) is 0 Å². The molecule has 1 aliphatic rings. The molecule has 0 saturated heterocycles. The molecule has 0 amide bonds. The Kier molecular flexibility index (Phi) is 2.32. The summed E-state index contributed by atoms with van der Waals surface area (Å²) in [6, 6.07) is 4.14. The van der Waals surface area contributed by atoms with Crippen LogP contribution in [-0.4, -0.2) is 9.38 Å². The smallest absolute Gasteiger partial charge is 0.137 e. The molecule has 2 atom stereocenters. The summed E-state index contributed by atoms with van der Waals surface area (Å²) in [5.41, 5.74) is 3.79. The highest BCUT2D eigenvalue weighted by Crippen LogP contribution is 2.35. The van der Waals surface area contributed by atoms with Crippen LogP contribution in [-0.2, 0) is 6.42 Å². The molecule has 0 N–H and O–H groups in total. The van der Waals surface area contributed by atoms with Gasteiger partial charge in [-0.1, -0.05) is 13.8 Å². The number of pyridine rings is 1. The molecule has 1 aliphatic carbocycles. The first-order valence-corrected chi connectivity index (χ1v) is 6.61. The molecule has 2 heterocycles. The third-order valence-electron chi connectivity index (χ3n) is 3.46. The average Bonchev–Trinajstić information content (AvgIpc) is 2.54. The zero-order valence-corrected chi connectivity index (χ0v) is 11.2. The minimum absolute atomic E-state index is 0.614. The van der Waals surface area contributed by atoms with Crippen LogP contribution >= 0.6 is 15.9 Å². The van der Waals surface area contributed by atoms with Gasteiger partial charge in [0.05, 0.1) is 5.69 Å². The van der Waals surface area contributed by atoms with E-state index in [-0.39, 0.29) is 0 Å². The van der Waals surface area contributed by atoms with E-state index in [1.165, 1.54) is 17.8 Å². The maximum atomic E-state index is 4.74. The van der Waals surface area contributed by atoms with Crippen molar-refractivity contribution >= 4 is 21.6 Å². The second kappa shape index (κ2) is 3.59. The van der Waals surface area contributed by atoms with Gasteiger partial charge in [-0.05, 0) is 52.7 Å². The van der Waals surface area contributed by atoms with Crippen LogP contribution in [0.4, 0.5) is 0 Å². The van der Waals surface area contributed by atoms with Crippen molar-refractivity contribution in [2.75, 3.05) is 0 Å². The summed E-state index contributed by atoms with van der Waals surface area (Å²) in [6.45, 7) is 4.63. The zero-order chi connectivity index (χ0) is 11.3. The van der Waals surface area contributed by atoms with Crippen LogP contribution in [0.25, 0.3) is 5.65 Å². The fraction of sp³-hybridized carbons (Fsp3) is 0.462. The van der Waals surface area contributed by atoms with Gasteiger partial charge in [-0.25, -0.2) is 4.98 Å². The Morgan fingerprint density at radius 1 is 1.38 bits per heavy atom. The van der Waals surface area contributed by atoms with Gasteiger partial charge in [-0.3, -0.25) is 0 Å². The van der Waals surface area contributed by atoms with Gasteiger partial charge >= 0.3 is 0 Å². The van der Waals surface area contributed by atoms with Crippen LogP contribution in [0.1, 0.15) is 37.6 Å². The lowest BCUT2D eigenvalue weighted by molar-refractivity contribution is 0.437. The summed E-state index contributed by atoms with van der Waals surface area (Å²) in [4.78, 5) is 4.74. The normalized spacial score (nSPS) is 24.7. The van der Waals surface area contributed by atoms with Gasteiger partial charge in [0, 0.05) is 16.4 Å². The first kappa shape index (κ1) is 10.3. The molecule has 16 heavy (non-hydrogen) atoms. The first-order valence-electron chi connectivity index (χ1n) is 5.81. The van der Waals surface area contributed by atoms with Crippen molar-refractivity contribution in [3.05, 3.63) is 34.2 Å². The Hall–Kier alpha value is -0.830. The van der Waals surface area contributed by atoms with Gasteiger partial charge in [0.1, 0.15) is 5.65 Å². The van der Waals surface area contributed by atoms with Crippen molar-refractivity contribution in [1.29, 1.82) is 0 Å². The molecule has 0 aromatic carbocycles. The first-order chi connectivity index (χ1) is 7.65. The minimum Gasteiger partial charge on any atom is -0.302 e. The second-order valence-electron chi connectivity index (χ2n) is 4.97. The van der Waals surface area contributed by atoms with E-state index in [2.05, 4.69) is 52.5 Å². The molecule has 0 aliphatic heterocycles. The molecule has 2 unspecified atom stereocenters. The van der Waals surface area contributed by atoms with E-state index in [4.69, 9.17) is 4.98 Å². The number of hydrogen-bond donors (Lipinski definition) is 0. The fourth-order valence-corrected chi connectivity index (χ4v) is 3.22. The predicted molar refractivity (Wildman–Crippen MR) is 68.8 cm³/mol. The molecule has 3 rings (SSSR count). The Morgan fingerprint density at radius 2 is 2.19 bits per heavy atom. The number of nitrogens with zero attached hydrogens (tertiary/aromatic N) is 2. The summed E-state index contributed by atoms with van der Waals surface area (Å²) >= 11 is 3.53. The highest BCUT2D eigenvalue weighted by Gasteiger charge is 2.26. The Morgan fingerprint density at radius 3 is 3.00 bits per heavy atom. The quantitative estimate of drug-likeness (QED) is 0.717. The number of halogens is 1. The highest BCUT2D eigenvalue weighted by molar-refractivity contribution is 9.10. The van der Waals surface area contributed by atoms with Crippen LogP contribution in [0.3, 0.4) is 0 Å². The predicted octanol–water partition coefficient (Wildman–Crippen LogP) is 3.78. The van der Waals surface area contributed by atoms with Gasteiger partial charge in [-0.15, -0.1) is 0 Å². The van der Waals surface area contributed by atoms with Crippen molar-refractivity contribution in [1.82, 2.24) is 9.38 Å². The average molecular weight is 279 g/mol. The number of aromatic nitrogens is 2. The summed E-state index contributed by atoms with van der Waals surface area (Å²) in [7, 11) is 0. The van der Waals surface area contributed by atoms with E-state index in [0.29, 0.717) is 5.92 Å². The molecule has 84 valence electrons. The van der Waals surface area contributed by atoms with Gasteiger partial charge < -0.3 is 4.40 Å². The summed E-state index contributed by atoms with van der Waals surface area (Å²) in [6.07, 6.45) is 4.53. The van der Waals surface area contributed by atoms with Crippen LogP contribution in [0, 0.1) is 5.92 Å². The van der Waals surface area contributed by atoms with E-state index >= 15 is 0 Å². The molecule has 0 saturated carbocycles. The van der Waals surface area contributed by atoms with Crippen molar-refractivity contribution in [3.63, 3.8) is 0 Å². The Balaban J connectivity index is 2.27. The largest absolute Gasteiger partial charge is 0.302 e. The monoisotopic (exact) mass is 278 g/mol. The van der Waals surface area contributed by atoms with Crippen LogP contribution < -0.4 is 0 Å². The molecule has 0 fully saturated rings. The summed E-state index contributed by atoms with van der Waals surface area (Å²) in [5, 5.41) is 0. The second-order valence-corrected chi connectivity index (χ2v) is 5.88. The number of rotatable bonds is 0. The topological polar surface area (TPSA) is 17.3 Å². The maximum absolute atomic E-state index is 4.74. The van der Waals surface area contributed by atoms with Crippen molar-refractivity contribution in [2.24, 2.45) is 5.92 Å². The van der Waals surface area contributed by atoms with Gasteiger partial charge in [-0.2, -0.15) is 0 Å². The summed E-state index contributed by atoms with van der Waals surface area (Å²) < 4.78 is 3.36. The van der Waals surface area contributed by atoms with Crippen LogP contribution in [0.5, 0.6) is 0 Å². The number of fused-ring (bicyclic) bond motifs is 3. The molecule has 0 bridgehead atoms. The molecule has 0 spiro atoms. The number of hydrogen-bond acceptors (Lipinski definition) is 1. The Bertz CT molecular complexity index is 544. The zero-order valence-electron chi connectivity index (χ0n) is 9.57. The van der Waals surface area contributed by atoms with Gasteiger partial charge in [0.25, 0.3) is 0 Å². The van der Waals surface area contributed by atoms with Crippen molar-refractivity contribution < 1.29 is 0 Å². The third-order valence-corrected chi connectivity index (χ3v) is 3.93. The van der Waals surface area contributed by atoms with E-state index in [1.807, 2.05) is 0 Å². The lowest BCUT2D eigenvalue weighted by Gasteiger charge is -2.23. The molecular formula is C13H15BrN2. The van der Waals surface area contributed by atoms with Gasteiger partial charge in [0.15, 0.2) is 0 Å². The van der Waals surface area contributed by atoms with Crippen LogP contribution in [0.2, 0.25) is 0 Å². The fourth-order valence-electron chi connectivity index (χ4n) is 2.89. The Labute approximate surface area is 104 Å². The maximum Gasteiger partial charge on any atom is 0.137 e. The highest BCUT2D eigenvalue weighted by atomic mass is 79.9. The third kappa shape index (κ3) is 1.49. The minimum atomic E-state index is 0.614. The van der Waals surface area contributed by atoms with E-state index in [9.17, 15) is 0 Å². The summed E-state index contributed by atoms with van der Waals surface area (Å²) in [5.74, 6) is 1.37. The molecule has 0 radical (unpaired) electrons. The van der Waals surface area contributed by atoms with E-state index in [1.54, 1.807) is 0 Å². The lowest BCUT2D eigenvalue weighted by atomic mass is 9.84. The van der Waals surface area contributed by atoms with Gasteiger partial charge in [0.2, 0.25) is 0 Å². The van der Waals surface area contributed by atoms with E-state index in [0.717, 1.165) is 22.5 Å². The molecular weight excluding hydrogens is 264 g/mol. The molecule has 2 aromatic heterocycles. The molecule has 2 aromatic rings. The van der Waals surface area contributed by atoms with Crippen LogP contribution in [0.15, 0.2) is 22.8 Å². The van der Waals surface area contributed by atoms with Crippen molar-refractivity contribution in [2.45, 2.75) is 32.6 Å².